The molecule has 1 atom stereocenters. The fourth-order valence-electron chi connectivity index (χ4n) is 2.91. The second kappa shape index (κ2) is 9.10. The van der Waals surface area contributed by atoms with E-state index in [1.54, 1.807) is 36.4 Å². The number of hydrogen-bond acceptors (Lipinski definition) is 5. The van der Waals surface area contributed by atoms with Gasteiger partial charge in [-0.2, -0.15) is 0 Å². The molecule has 0 saturated carbocycles. The molecule has 0 aromatic heterocycles. The standard InChI is InChI=1S/C17H24N2O5S/c1-2-12-24-15-8-10-19(11-9-15)25(22,23)16(13-17(20)18-21)14-6-4-3-5-7-14/h2-7,15-16,21H,1,8-13H2,(H,18,20)/t16-/m1/s1. The van der Waals surface area contributed by atoms with E-state index < -0.39 is 21.2 Å². The van der Waals surface area contributed by atoms with Crippen LogP contribution < -0.4 is 5.48 Å². The molecule has 1 aliphatic heterocycles. The van der Waals surface area contributed by atoms with Crippen molar-refractivity contribution in [3.05, 3.63) is 48.6 Å². The molecule has 2 rings (SSSR count). The second-order valence-electron chi connectivity index (χ2n) is 5.90. The van der Waals surface area contributed by atoms with Gasteiger partial charge in [0, 0.05) is 13.1 Å². The Morgan fingerprint density at radius 1 is 1.36 bits per heavy atom. The van der Waals surface area contributed by atoms with E-state index in [4.69, 9.17) is 9.94 Å². The second-order valence-corrected chi connectivity index (χ2v) is 8.02. The fraction of sp³-hybridized carbons (Fsp3) is 0.471. The number of benzene rings is 1. The number of carbonyl (C=O) groups is 1. The maximum absolute atomic E-state index is 13.1. The summed E-state index contributed by atoms with van der Waals surface area (Å²) in [7, 11) is -3.74. The monoisotopic (exact) mass is 368 g/mol. The van der Waals surface area contributed by atoms with Gasteiger partial charge in [0.25, 0.3) is 0 Å². The lowest BCUT2D eigenvalue weighted by Crippen LogP contribution is -2.43. The van der Waals surface area contributed by atoms with Gasteiger partial charge in [0.15, 0.2) is 0 Å². The van der Waals surface area contributed by atoms with E-state index in [0.717, 1.165) is 0 Å². The third-order valence-corrected chi connectivity index (χ3v) is 6.48. The number of hydroxylamine groups is 1. The fourth-order valence-corrected chi connectivity index (χ4v) is 4.86. The molecule has 1 aliphatic rings. The van der Waals surface area contributed by atoms with Crippen molar-refractivity contribution >= 4 is 15.9 Å². The number of nitrogens with zero attached hydrogens (tertiary/aromatic N) is 1. The van der Waals surface area contributed by atoms with Crippen LogP contribution in [-0.4, -0.2) is 49.6 Å². The van der Waals surface area contributed by atoms with Crippen LogP contribution in [0.1, 0.15) is 30.1 Å². The molecular weight excluding hydrogens is 344 g/mol. The summed E-state index contributed by atoms with van der Waals surface area (Å²) in [6.07, 6.45) is 2.54. The van der Waals surface area contributed by atoms with Crippen molar-refractivity contribution in [3.63, 3.8) is 0 Å². The lowest BCUT2D eigenvalue weighted by Gasteiger charge is -2.33. The minimum atomic E-state index is -3.74. The van der Waals surface area contributed by atoms with E-state index in [1.165, 1.54) is 9.79 Å². The lowest BCUT2D eigenvalue weighted by molar-refractivity contribution is -0.129. The largest absolute Gasteiger partial charge is 0.374 e. The van der Waals surface area contributed by atoms with Gasteiger partial charge in [0.05, 0.1) is 19.1 Å². The van der Waals surface area contributed by atoms with Gasteiger partial charge in [-0.1, -0.05) is 36.4 Å². The average molecular weight is 368 g/mol. The van der Waals surface area contributed by atoms with E-state index >= 15 is 0 Å². The third-order valence-electron chi connectivity index (χ3n) is 4.24. The van der Waals surface area contributed by atoms with Crippen LogP contribution in [0.15, 0.2) is 43.0 Å². The summed E-state index contributed by atoms with van der Waals surface area (Å²) >= 11 is 0. The molecule has 0 radical (unpaired) electrons. The van der Waals surface area contributed by atoms with Crippen LogP contribution in [0.4, 0.5) is 0 Å². The molecule has 0 aliphatic carbocycles. The van der Waals surface area contributed by atoms with Crippen molar-refractivity contribution in [2.24, 2.45) is 0 Å². The predicted molar refractivity (Wildman–Crippen MR) is 93.4 cm³/mol. The molecule has 1 heterocycles. The molecule has 1 amide bonds. The number of amides is 1. The molecule has 138 valence electrons. The summed E-state index contributed by atoms with van der Waals surface area (Å²) in [5.41, 5.74) is 2.04. The first kappa shape index (κ1) is 19.6. The SMILES string of the molecule is C=CCOC1CCN(S(=O)(=O)[C@H](CC(=O)NO)c2ccccc2)CC1. The van der Waals surface area contributed by atoms with Gasteiger partial charge in [0.2, 0.25) is 15.9 Å². The molecule has 1 saturated heterocycles. The quantitative estimate of drug-likeness (QED) is 0.413. The van der Waals surface area contributed by atoms with Crippen LogP contribution in [0, 0.1) is 0 Å². The summed E-state index contributed by atoms with van der Waals surface area (Å²) in [6.45, 7) is 4.73. The summed E-state index contributed by atoms with van der Waals surface area (Å²) in [5.74, 6) is -0.735. The topological polar surface area (TPSA) is 95.9 Å². The van der Waals surface area contributed by atoms with E-state index in [1.807, 2.05) is 0 Å². The summed E-state index contributed by atoms with van der Waals surface area (Å²) in [4.78, 5) is 11.6. The smallest absolute Gasteiger partial charge is 0.245 e. The van der Waals surface area contributed by atoms with E-state index in [2.05, 4.69) is 6.58 Å². The van der Waals surface area contributed by atoms with Gasteiger partial charge in [-0.3, -0.25) is 10.0 Å². The van der Waals surface area contributed by atoms with Crippen molar-refractivity contribution in [1.82, 2.24) is 9.79 Å². The molecule has 1 aromatic carbocycles. The van der Waals surface area contributed by atoms with Crippen molar-refractivity contribution in [2.45, 2.75) is 30.6 Å². The Morgan fingerprint density at radius 3 is 2.56 bits per heavy atom. The van der Waals surface area contributed by atoms with Gasteiger partial charge in [-0.15, -0.1) is 6.58 Å². The highest BCUT2D eigenvalue weighted by molar-refractivity contribution is 7.89. The Morgan fingerprint density at radius 2 is 2.00 bits per heavy atom. The van der Waals surface area contributed by atoms with Crippen molar-refractivity contribution in [3.8, 4) is 0 Å². The minimum absolute atomic E-state index is 0.0142. The molecular formula is C17H24N2O5S. The Bertz CT molecular complexity index is 670. The number of piperidine rings is 1. The first-order chi connectivity index (χ1) is 12.0. The number of rotatable bonds is 8. The molecule has 25 heavy (non-hydrogen) atoms. The average Bonchev–Trinajstić information content (AvgIpc) is 2.65. The lowest BCUT2D eigenvalue weighted by atomic mass is 10.1. The summed E-state index contributed by atoms with van der Waals surface area (Å²) in [6, 6.07) is 8.58. The van der Waals surface area contributed by atoms with Crippen molar-refractivity contribution in [2.75, 3.05) is 19.7 Å². The van der Waals surface area contributed by atoms with Crippen molar-refractivity contribution in [1.29, 1.82) is 0 Å². The van der Waals surface area contributed by atoms with Gasteiger partial charge >= 0.3 is 0 Å². The molecule has 0 bridgehead atoms. The maximum Gasteiger partial charge on any atom is 0.245 e. The Hall–Kier alpha value is -1.74. The number of ether oxygens (including phenoxy) is 1. The zero-order valence-corrected chi connectivity index (χ0v) is 14.8. The zero-order valence-electron chi connectivity index (χ0n) is 14.0. The predicted octanol–water partition coefficient (Wildman–Crippen LogP) is 1.62. The van der Waals surface area contributed by atoms with Crippen LogP contribution in [0.25, 0.3) is 0 Å². The number of carbonyl (C=O) groups excluding carboxylic acids is 1. The highest BCUT2D eigenvalue weighted by atomic mass is 32.2. The molecule has 7 nitrogen and oxygen atoms in total. The van der Waals surface area contributed by atoms with E-state index in [0.29, 0.717) is 38.1 Å². The first-order valence-corrected chi connectivity index (χ1v) is 9.68. The van der Waals surface area contributed by atoms with Crippen LogP contribution >= 0.6 is 0 Å². The summed E-state index contributed by atoms with van der Waals surface area (Å²) < 4.78 is 33.1. The van der Waals surface area contributed by atoms with E-state index in [9.17, 15) is 13.2 Å². The summed E-state index contributed by atoms with van der Waals surface area (Å²) in [5, 5.41) is 7.76. The Labute approximate surface area is 148 Å². The maximum atomic E-state index is 13.1. The molecule has 0 spiro atoms. The zero-order chi connectivity index (χ0) is 18.3. The number of sulfonamides is 1. The highest BCUT2D eigenvalue weighted by Gasteiger charge is 2.37. The third kappa shape index (κ3) is 5.12. The molecule has 1 fully saturated rings. The van der Waals surface area contributed by atoms with Gasteiger partial charge in [-0.05, 0) is 18.4 Å². The molecule has 2 N–H and O–H groups in total. The first-order valence-electron chi connectivity index (χ1n) is 8.18. The number of nitrogens with one attached hydrogen (secondary N) is 1. The Kier molecular flexibility index (Phi) is 7.12. The Balaban J connectivity index is 2.15. The molecule has 8 heteroatoms. The van der Waals surface area contributed by atoms with Crippen LogP contribution in [0.2, 0.25) is 0 Å². The van der Waals surface area contributed by atoms with Crippen LogP contribution in [0.3, 0.4) is 0 Å². The normalized spacial score (nSPS) is 17.8. The van der Waals surface area contributed by atoms with Gasteiger partial charge in [-0.25, -0.2) is 18.2 Å². The number of hydrogen-bond donors (Lipinski definition) is 2. The van der Waals surface area contributed by atoms with Crippen LogP contribution in [-0.2, 0) is 19.6 Å². The highest BCUT2D eigenvalue weighted by Crippen LogP contribution is 2.31. The minimum Gasteiger partial charge on any atom is -0.374 e. The molecule has 1 aromatic rings. The van der Waals surface area contributed by atoms with Crippen molar-refractivity contribution < 1.29 is 23.2 Å². The van der Waals surface area contributed by atoms with E-state index in [-0.39, 0.29) is 12.5 Å². The van der Waals surface area contributed by atoms with Gasteiger partial charge < -0.3 is 4.74 Å². The molecule has 0 unspecified atom stereocenters. The van der Waals surface area contributed by atoms with Crippen LogP contribution in [0.5, 0.6) is 0 Å². The van der Waals surface area contributed by atoms with Gasteiger partial charge in [0.1, 0.15) is 5.25 Å².